The molecule has 1 saturated carbocycles. The second-order valence-corrected chi connectivity index (χ2v) is 6.38. The van der Waals surface area contributed by atoms with Crippen LogP contribution in [0, 0.1) is 17.6 Å². The molecule has 1 N–H and O–H groups in total. The highest BCUT2D eigenvalue weighted by Gasteiger charge is 2.20. The first kappa shape index (κ1) is 14.8. The van der Waals surface area contributed by atoms with Crippen molar-refractivity contribution in [2.24, 2.45) is 5.92 Å². The third kappa shape index (κ3) is 4.46. The molecule has 2 atom stereocenters. The Labute approximate surface area is 118 Å². The molecule has 4 heteroatoms. The second-order valence-electron chi connectivity index (χ2n) is 5.25. The van der Waals surface area contributed by atoms with E-state index in [9.17, 15) is 8.78 Å². The van der Waals surface area contributed by atoms with E-state index < -0.39 is 0 Å². The summed E-state index contributed by atoms with van der Waals surface area (Å²) < 4.78 is 26.4. The molecular weight excluding hydrogens is 264 g/mol. The summed E-state index contributed by atoms with van der Waals surface area (Å²) in [5, 5.41) is 3.54. The lowest BCUT2D eigenvalue weighted by atomic mass is 9.86. The normalized spacial score (nSPS) is 23.5. The van der Waals surface area contributed by atoms with Gasteiger partial charge < -0.3 is 5.32 Å². The Bertz CT molecular complexity index is 411. The van der Waals surface area contributed by atoms with Crippen molar-refractivity contribution in [2.45, 2.75) is 43.5 Å². The van der Waals surface area contributed by atoms with Gasteiger partial charge in [0.2, 0.25) is 0 Å². The Balaban J connectivity index is 1.73. The fourth-order valence-electron chi connectivity index (χ4n) is 2.61. The predicted molar refractivity (Wildman–Crippen MR) is 76.5 cm³/mol. The molecule has 1 aliphatic carbocycles. The Morgan fingerprint density at radius 1 is 1.26 bits per heavy atom. The van der Waals surface area contributed by atoms with Crippen LogP contribution in [0.5, 0.6) is 0 Å². The molecule has 0 bridgehead atoms. The highest BCUT2D eigenvalue weighted by atomic mass is 32.2. The lowest BCUT2D eigenvalue weighted by molar-refractivity contribution is 0.285. The van der Waals surface area contributed by atoms with Gasteiger partial charge in [0.05, 0.1) is 0 Å². The quantitative estimate of drug-likeness (QED) is 0.642. The van der Waals surface area contributed by atoms with Crippen LogP contribution >= 0.6 is 11.8 Å². The van der Waals surface area contributed by atoms with Crippen LogP contribution in [0.15, 0.2) is 23.1 Å². The van der Waals surface area contributed by atoms with E-state index >= 15 is 0 Å². The van der Waals surface area contributed by atoms with Crippen LogP contribution < -0.4 is 5.32 Å². The van der Waals surface area contributed by atoms with Gasteiger partial charge in [0, 0.05) is 23.2 Å². The summed E-state index contributed by atoms with van der Waals surface area (Å²) in [4.78, 5) is 0.401. The minimum atomic E-state index is -0.377. The van der Waals surface area contributed by atoms with Crippen LogP contribution in [0.3, 0.4) is 0 Å². The van der Waals surface area contributed by atoms with Crippen molar-refractivity contribution in [1.82, 2.24) is 5.32 Å². The van der Waals surface area contributed by atoms with Crippen molar-refractivity contribution in [3.63, 3.8) is 0 Å². The molecule has 1 aromatic rings. The van der Waals surface area contributed by atoms with Crippen LogP contribution in [0.1, 0.15) is 32.6 Å². The molecule has 0 saturated heterocycles. The zero-order valence-electron chi connectivity index (χ0n) is 11.3. The van der Waals surface area contributed by atoms with Crippen molar-refractivity contribution >= 4 is 11.8 Å². The Morgan fingerprint density at radius 2 is 2.05 bits per heavy atom. The lowest BCUT2D eigenvalue weighted by Gasteiger charge is -2.29. The van der Waals surface area contributed by atoms with E-state index in [0.29, 0.717) is 10.9 Å². The fourth-order valence-corrected chi connectivity index (χ4v) is 3.45. The minimum Gasteiger partial charge on any atom is -0.313 e. The molecule has 0 amide bonds. The highest BCUT2D eigenvalue weighted by molar-refractivity contribution is 7.99. The number of benzene rings is 1. The average Bonchev–Trinajstić information content (AvgIpc) is 2.40. The van der Waals surface area contributed by atoms with Gasteiger partial charge in [0.15, 0.2) is 0 Å². The van der Waals surface area contributed by atoms with Crippen molar-refractivity contribution < 1.29 is 8.78 Å². The summed E-state index contributed by atoms with van der Waals surface area (Å²) in [5.41, 5.74) is 0. The molecule has 1 fully saturated rings. The molecule has 1 aromatic carbocycles. The number of hydrogen-bond acceptors (Lipinski definition) is 2. The zero-order chi connectivity index (χ0) is 13.7. The summed E-state index contributed by atoms with van der Waals surface area (Å²) in [6.07, 6.45) is 5.17. The average molecular weight is 285 g/mol. The minimum absolute atomic E-state index is 0.336. The number of halogens is 2. The van der Waals surface area contributed by atoms with Crippen LogP contribution in [-0.4, -0.2) is 18.3 Å². The molecule has 106 valence electrons. The van der Waals surface area contributed by atoms with Gasteiger partial charge in [-0.05, 0) is 37.0 Å². The first-order valence-corrected chi connectivity index (χ1v) is 7.96. The second kappa shape index (κ2) is 7.25. The fraction of sp³-hybridized carbons (Fsp3) is 0.600. The molecule has 2 rings (SSSR count). The Hall–Kier alpha value is -0.610. The van der Waals surface area contributed by atoms with E-state index in [-0.39, 0.29) is 11.6 Å². The van der Waals surface area contributed by atoms with Gasteiger partial charge in [-0.25, -0.2) is 8.78 Å². The standard InChI is InChI=1S/C15H21F2NS/c1-11-4-2-3-5-14(11)18-8-9-19-15-10-12(16)6-7-13(15)17/h6-7,10-11,14,18H,2-5,8-9H2,1H3. The van der Waals surface area contributed by atoms with Gasteiger partial charge >= 0.3 is 0 Å². The Kier molecular flexibility index (Phi) is 5.64. The van der Waals surface area contributed by atoms with E-state index in [0.717, 1.165) is 24.3 Å². The molecule has 0 radical (unpaired) electrons. The SMILES string of the molecule is CC1CCCCC1NCCSc1cc(F)ccc1F. The molecule has 19 heavy (non-hydrogen) atoms. The smallest absolute Gasteiger partial charge is 0.136 e. The number of nitrogens with one attached hydrogen (secondary N) is 1. The first-order valence-electron chi connectivity index (χ1n) is 6.98. The molecule has 1 nitrogen and oxygen atoms in total. The van der Waals surface area contributed by atoms with Gasteiger partial charge in [-0.3, -0.25) is 0 Å². The van der Waals surface area contributed by atoms with Gasteiger partial charge in [-0.1, -0.05) is 19.8 Å². The maximum Gasteiger partial charge on any atom is 0.136 e. The molecule has 0 aliphatic heterocycles. The number of thioether (sulfide) groups is 1. The van der Waals surface area contributed by atoms with Crippen molar-refractivity contribution in [2.75, 3.05) is 12.3 Å². The van der Waals surface area contributed by atoms with Gasteiger partial charge in [0.1, 0.15) is 11.6 Å². The summed E-state index contributed by atoms with van der Waals surface area (Å²) in [5.74, 6) is 0.781. The summed E-state index contributed by atoms with van der Waals surface area (Å²) in [6.45, 7) is 3.13. The molecular formula is C15H21F2NS. The summed E-state index contributed by atoms with van der Waals surface area (Å²) >= 11 is 1.37. The number of hydrogen-bond donors (Lipinski definition) is 1. The van der Waals surface area contributed by atoms with E-state index in [2.05, 4.69) is 12.2 Å². The maximum absolute atomic E-state index is 13.4. The Morgan fingerprint density at radius 3 is 2.84 bits per heavy atom. The van der Waals surface area contributed by atoms with Crippen molar-refractivity contribution in [1.29, 1.82) is 0 Å². The monoisotopic (exact) mass is 285 g/mol. The van der Waals surface area contributed by atoms with E-state index in [1.807, 2.05) is 0 Å². The van der Waals surface area contributed by atoms with Crippen LogP contribution in [0.25, 0.3) is 0 Å². The lowest BCUT2D eigenvalue weighted by Crippen LogP contribution is -2.38. The molecule has 0 heterocycles. The van der Waals surface area contributed by atoms with Crippen molar-refractivity contribution in [3.8, 4) is 0 Å². The van der Waals surface area contributed by atoms with Crippen molar-refractivity contribution in [3.05, 3.63) is 29.8 Å². The zero-order valence-corrected chi connectivity index (χ0v) is 12.1. The molecule has 2 unspecified atom stereocenters. The predicted octanol–water partition coefficient (Wildman–Crippen LogP) is 4.23. The molecule has 0 spiro atoms. The third-order valence-electron chi connectivity index (χ3n) is 3.77. The number of rotatable bonds is 5. The first-order chi connectivity index (χ1) is 9.16. The van der Waals surface area contributed by atoms with E-state index in [1.165, 1.54) is 49.6 Å². The third-order valence-corrected chi connectivity index (χ3v) is 4.80. The van der Waals surface area contributed by atoms with Crippen LogP contribution in [0.2, 0.25) is 0 Å². The van der Waals surface area contributed by atoms with Gasteiger partial charge in [0.25, 0.3) is 0 Å². The van der Waals surface area contributed by atoms with Crippen LogP contribution in [0.4, 0.5) is 8.78 Å². The van der Waals surface area contributed by atoms with Crippen LogP contribution in [-0.2, 0) is 0 Å². The van der Waals surface area contributed by atoms with E-state index in [4.69, 9.17) is 0 Å². The maximum atomic E-state index is 13.4. The van der Waals surface area contributed by atoms with Gasteiger partial charge in [-0.2, -0.15) is 0 Å². The summed E-state index contributed by atoms with van der Waals surface area (Å²) in [7, 11) is 0. The topological polar surface area (TPSA) is 12.0 Å². The molecule has 0 aromatic heterocycles. The molecule has 1 aliphatic rings. The highest BCUT2D eigenvalue weighted by Crippen LogP contribution is 2.25. The largest absolute Gasteiger partial charge is 0.313 e. The van der Waals surface area contributed by atoms with Gasteiger partial charge in [-0.15, -0.1) is 11.8 Å². The summed E-state index contributed by atoms with van der Waals surface area (Å²) in [6, 6.07) is 4.20. The van der Waals surface area contributed by atoms with E-state index in [1.54, 1.807) is 0 Å².